The minimum absolute atomic E-state index is 0.113. The van der Waals surface area contributed by atoms with Gasteiger partial charge < -0.3 is 21.1 Å². The summed E-state index contributed by atoms with van der Waals surface area (Å²) >= 11 is 5.88. The molecule has 0 saturated carbocycles. The van der Waals surface area contributed by atoms with Gasteiger partial charge in [-0.1, -0.05) is 17.7 Å². The van der Waals surface area contributed by atoms with Gasteiger partial charge in [0.05, 0.1) is 16.8 Å². The number of hydrogen-bond acceptors (Lipinski definition) is 4. The fourth-order valence-electron chi connectivity index (χ4n) is 1.46. The molecule has 0 bridgehead atoms. The number of halogens is 1. The summed E-state index contributed by atoms with van der Waals surface area (Å²) in [5.74, 6) is 0. The lowest BCUT2D eigenvalue weighted by atomic mass is 10.00. The smallest absolute Gasteiger partial charge is 0.105 e. The molecule has 0 aliphatic heterocycles. The summed E-state index contributed by atoms with van der Waals surface area (Å²) in [6.45, 7) is 1.59. The van der Waals surface area contributed by atoms with Crippen LogP contribution < -0.4 is 5.73 Å². The van der Waals surface area contributed by atoms with Crippen molar-refractivity contribution in [1.29, 1.82) is 0 Å². The average molecular weight is 246 g/mol. The van der Waals surface area contributed by atoms with Gasteiger partial charge in [0.25, 0.3) is 0 Å². The summed E-state index contributed by atoms with van der Waals surface area (Å²) in [5.41, 5.74) is 7.38. The Morgan fingerprint density at radius 3 is 2.50 bits per heavy atom. The summed E-state index contributed by atoms with van der Waals surface area (Å²) in [4.78, 5) is 0. The predicted octanol–water partition coefficient (Wildman–Crippen LogP) is 1.01. The van der Waals surface area contributed by atoms with Gasteiger partial charge in [-0.3, -0.25) is 0 Å². The lowest BCUT2D eigenvalue weighted by molar-refractivity contribution is 0.00421. The highest BCUT2D eigenvalue weighted by molar-refractivity contribution is 6.33. The summed E-state index contributed by atoms with van der Waals surface area (Å²) in [5, 5.41) is 28.4. The third-order valence-corrected chi connectivity index (χ3v) is 2.80. The molecule has 5 N–H and O–H groups in total. The SMILES string of the molecule is Cc1cc(C(O)C(O)CCO)cc(Cl)c1N. The van der Waals surface area contributed by atoms with Gasteiger partial charge in [0.1, 0.15) is 6.10 Å². The van der Waals surface area contributed by atoms with Gasteiger partial charge in [0.2, 0.25) is 0 Å². The Balaban J connectivity index is 2.96. The first-order valence-corrected chi connectivity index (χ1v) is 5.37. The van der Waals surface area contributed by atoms with Crippen LogP contribution in [0.4, 0.5) is 5.69 Å². The Labute approximate surface area is 99.3 Å². The van der Waals surface area contributed by atoms with Gasteiger partial charge in [-0.15, -0.1) is 0 Å². The quantitative estimate of drug-likeness (QED) is 0.597. The lowest BCUT2D eigenvalue weighted by Crippen LogP contribution is -2.19. The monoisotopic (exact) mass is 245 g/mol. The highest BCUT2D eigenvalue weighted by Gasteiger charge is 2.19. The summed E-state index contributed by atoms with van der Waals surface area (Å²) in [7, 11) is 0. The summed E-state index contributed by atoms with van der Waals surface area (Å²) in [6, 6.07) is 3.20. The van der Waals surface area contributed by atoms with Crippen molar-refractivity contribution >= 4 is 17.3 Å². The number of nitrogen functional groups attached to an aromatic ring is 1. The number of benzene rings is 1. The maximum absolute atomic E-state index is 9.80. The van der Waals surface area contributed by atoms with E-state index in [0.717, 1.165) is 5.56 Å². The van der Waals surface area contributed by atoms with Crippen LogP contribution in [0.3, 0.4) is 0 Å². The molecule has 0 saturated heterocycles. The third kappa shape index (κ3) is 2.86. The van der Waals surface area contributed by atoms with Crippen LogP contribution in [0.25, 0.3) is 0 Å². The van der Waals surface area contributed by atoms with Crippen LogP contribution in [0, 0.1) is 6.92 Å². The van der Waals surface area contributed by atoms with Crippen LogP contribution in [0.15, 0.2) is 12.1 Å². The van der Waals surface area contributed by atoms with E-state index in [1.807, 2.05) is 0 Å². The van der Waals surface area contributed by atoms with E-state index in [2.05, 4.69) is 0 Å². The van der Waals surface area contributed by atoms with E-state index < -0.39 is 12.2 Å². The van der Waals surface area contributed by atoms with Crippen molar-refractivity contribution in [2.45, 2.75) is 25.6 Å². The topological polar surface area (TPSA) is 86.7 Å². The van der Waals surface area contributed by atoms with Crippen molar-refractivity contribution < 1.29 is 15.3 Å². The van der Waals surface area contributed by atoms with Crippen LogP contribution in [0.2, 0.25) is 5.02 Å². The molecule has 1 rings (SSSR count). The molecule has 0 amide bonds. The maximum Gasteiger partial charge on any atom is 0.105 e. The molecule has 0 aromatic heterocycles. The van der Waals surface area contributed by atoms with Gasteiger partial charge in [-0.25, -0.2) is 0 Å². The zero-order valence-electron chi connectivity index (χ0n) is 9.02. The zero-order valence-corrected chi connectivity index (χ0v) is 9.78. The maximum atomic E-state index is 9.80. The minimum atomic E-state index is -1.07. The molecule has 1 aromatic rings. The molecule has 0 fully saturated rings. The number of aryl methyl sites for hydroxylation is 1. The summed E-state index contributed by atoms with van der Waals surface area (Å²) in [6.07, 6.45) is -1.96. The van der Waals surface area contributed by atoms with E-state index in [1.165, 1.54) is 6.07 Å². The first-order valence-electron chi connectivity index (χ1n) is 5.00. The minimum Gasteiger partial charge on any atom is -0.397 e. The molecule has 0 aliphatic rings. The molecule has 16 heavy (non-hydrogen) atoms. The van der Waals surface area contributed by atoms with Crippen molar-refractivity contribution in [3.05, 3.63) is 28.3 Å². The summed E-state index contributed by atoms with van der Waals surface area (Å²) < 4.78 is 0. The first kappa shape index (κ1) is 13.3. The van der Waals surface area contributed by atoms with Gasteiger partial charge in [-0.05, 0) is 30.5 Å². The molecule has 90 valence electrons. The number of nitrogens with two attached hydrogens (primary N) is 1. The lowest BCUT2D eigenvalue weighted by Gasteiger charge is -2.18. The predicted molar refractivity (Wildman–Crippen MR) is 63.3 cm³/mol. The van der Waals surface area contributed by atoms with Crippen LogP contribution in [-0.4, -0.2) is 28.0 Å². The Hall–Kier alpha value is -0.810. The Morgan fingerprint density at radius 2 is 2.00 bits per heavy atom. The third-order valence-electron chi connectivity index (χ3n) is 2.49. The molecule has 5 heteroatoms. The average Bonchev–Trinajstić information content (AvgIpc) is 2.24. The molecule has 1 aromatic carbocycles. The van der Waals surface area contributed by atoms with Crippen LogP contribution >= 0.6 is 11.6 Å². The zero-order chi connectivity index (χ0) is 12.3. The Morgan fingerprint density at radius 1 is 1.38 bits per heavy atom. The largest absolute Gasteiger partial charge is 0.397 e. The van der Waals surface area contributed by atoms with Gasteiger partial charge in [0.15, 0.2) is 0 Å². The van der Waals surface area contributed by atoms with E-state index in [4.69, 9.17) is 22.4 Å². The molecule has 0 radical (unpaired) electrons. The molecular formula is C11H16ClNO3. The number of aliphatic hydroxyl groups excluding tert-OH is 3. The number of hydrogen-bond donors (Lipinski definition) is 4. The van der Waals surface area contributed by atoms with Gasteiger partial charge in [0, 0.05) is 6.61 Å². The van der Waals surface area contributed by atoms with Gasteiger partial charge in [-0.2, -0.15) is 0 Å². The van der Waals surface area contributed by atoms with E-state index >= 15 is 0 Å². The molecular weight excluding hydrogens is 230 g/mol. The number of anilines is 1. The van der Waals surface area contributed by atoms with Crippen molar-refractivity contribution in [2.75, 3.05) is 12.3 Å². The van der Waals surface area contributed by atoms with Crippen LogP contribution in [0.1, 0.15) is 23.7 Å². The highest BCUT2D eigenvalue weighted by atomic mass is 35.5. The van der Waals surface area contributed by atoms with Crippen molar-refractivity contribution in [3.8, 4) is 0 Å². The van der Waals surface area contributed by atoms with Crippen LogP contribution in [-0.2, 0) is 0 Å². The second kappa shape index (κ2) is 5.50. The molecule has 2 unspecified atom stereocenters. The van der Waals surface area contributed by atoms with Crippen molar-refractivity contribution in [3.63, 3.8) is 0 Å². The Bertz CT molecular complexity index is 347. The van der Waals surface area contributed by atoms with E-state index in [9.17, 15) is 10.2 Å². The highest BCUT2D eigenvalue weighted by Crippen LogP contribution is 2.29. The van der Waals surface area contributed by atoms with Crippen molar-refractivity contribution in [1.82, 2.24) is 0 Å². The molecule has 0 aliphatic carbocycles. The van der Waals surface area contributed by atoms with E-state index in [-0.39, 0.29) is 13.0 Å². The fourth-order valence-corrected chi connectivity index (χ4v) is 1.74. The van der Waals surface area contributed by atoms with E-state index in [0.29, 0.717) is 16.3 Å². The molecule has 4 nitrogen and oxygen atoms in total. The second-order valence-electron chi connectivity index (χ2n) is 3.76. The number of aliphatic hydroxyl groups is 3. The van der Waals surface area contributed by atoms with Crippen molar-refractivity contribution in [2.24, 2.45) is 0 Å². The second-order valence-corrected chi connectivity index (χ2v) is 4.16. The van der Waals surface area contributed by atoms with Gasteiger partial charge >= 0.3 is 0 Å². The normalized spacial score (nSPS) is 14.8. The standard InChI is InChI=1S/C11H16ClNO3/c1-6-4-7(5-8(12)10(6)13)11(16)9(15)2-3-14/h4-5,9,11,14-16H,2-3,13H2,1H3. The van der Waals surface area contributed by atoms with E-state index in [1.54, 1.807) is 13.0 Å². The molecule has 0 heterocycles. The molecule has 0 spiro atoms. The van der Waals surface area contributed by atoms with Crippen LogP contribution in [0.5, 0.6) is 0 Å². The first-order chi connectivity index (χ1) is 7.47. The fraction of sp³-hybridized carbons (Fsp3) is 0.455. The Kier molecular flexibility index (Phi) is 4.56. The number of rotatable bonds is 4. The molecule has 2 atom stereocenters.